The normalized spacial score (nSPS) is 24.0. The summed E-state index contributed by atoms with van der Waals surface area (Å²) in [7, 11) is 0. The highest BCUT2D eigenvalue weighted by Gasteiger charge is 2.13. The van der Waals surface area contributed by atoms with Crippen molar-refractivity contribution < 1.29 is 0 Å². The maximum Gasteiger partial charge on any atom is 0.123 e. The Morgan fingerprint density at radius 3 is 3.18 bits per heavy atom. The minimum Gasteiger partial charge on any atom is -0.357 e. The molecule has 0 aromatic rings. The second-order valence-corrected chi connectivity index (χ2v) is 3.13. The lowest BCUT2D eigenvalue weighted by Gasteiger charge is -2.26. The van der Waals surface area contributed by atoms with Gasteiger partial charge in [0.2, 0.25) is 0 Å². The Morgan fingerprint density at radius 2 is 2.18 bits per heavy atom. The first-order chi connectivity index (χ1) is 5.47. The van der Waals surface area contributed by atoms with Crippen LogP contribution in [0.4, 0.5) is 0 Å². The molecule has 60 valence electrons. The molecule has 0 saturated carbocycles. The molecule has 0 aromatic heterocycles. The van der Waals surface area contributed by atoms with Crippen molar-refractivity contribution in [3.05, 3.63) is 12.2 Å². The van der Waals surface area contributed by atoms with Crippen LogP contribution in [-0.4, -0.2) is 30.4 Å². The number of allylic oxidation sites excluding steroid dienone is 1. The molecule has 2 nitrogen and oxygen atoms in total. The first kappa shape index (κ1) is 6.89. The van der Waals surface area contributed by atoms with E-state index >= 15 is 0 Å². The summed E-state index contributed by atoms with van der Waals surface area (Å²) in [6.07, 6.45) is 8.15. The predicted octanol–water partition coefficient (Wildman–Crippen LogP) is 1.44. The lowest BCUT2D eigenvalue weighted by Crippen LogP contribution is -2.34. The van der Waals surface area contributed by atoms with Crippen LogP contribution >= 0.6 is 0 Å². The quantitative estimate of drug-likeness (QED) is 0.510. The summed E-state index contributed by atoms with van der Waals surface area (Å²) < 4.78 is 0. The lowest BCUT2D eigenvalue weighted by atomic mass is 10.3. The van der Waals surface area contributed by atoms with Crippen LogP contribution < -0.4 is 0 Å². The molecule has 2 heteroatoms. The topological polar surface area (TPSA) is 15.6 Å². The Kier molecular flexibility index (Phi) is 1.93. The van der Waals surface area contributed by atoms with E-state index in [2.05, 4.69) is 22.0 Å². The highest BCUT2D eigenvalue weighted by Crippen LogP contribution is 2.09. The minimum atomic E-state index is 1.02. The predicted molar refractivity (Wildman–Crippen MR) is 46.9 cm³/mol. The maximum atomic E-state index is 4.47. The average molecular weight is 150 g/mol. The molecular formula is C9H14N2. The maximum absolute atomic E-state index is 4.47. The molecule has 0 N–H and O–H groups in total. The van der Waals surface area contributed by atoms with Gasteiger partial charge in [0.05, 0.1) is 0 Å². The molecule has 0 saturated heterocycles. The number of hydrogen-bond donors (Lipinski definition) is 0. The summed E-state index contributed by atoms with van der Waals surface area (Å²) in [5.41, 5.74) is 0. The highest BCUT2D eigenvalue weighted by molar-refractivity contribution is 5.93. The summed E-state index contributed by atoms with van der Waals surface area (Å²) in [6, 6.07) is 0. The Morgan fingerprint density at radius 1 is 1.27 bits per heavy atom. The first-order valence-corrected chi connectivity index (χ1v) is 4.43. The SMILES string of the molecule is C1=CC2=NCCCN2CCC1. The van der Waals surface area contributed by atoms with Gasteiger partial charge in [-0.05, 0) is 25.3 Å². The smallest absolute Gasteiger partial charge is 0.123 e. The van der Waals surface area contributed by atoms with Gasteiger partial charge in [0.1, 0.15) is 5.84 Å². The summed E-state index contributed by atoms with van der Waals surface area (Å²) in [6.45, 7) is 3.44. The average Bonchev–Trinajstić information content (AvgIpc) is 2.28. The summed E-state index contributed by atoms with van der Waals surface area (Å²) in [5.74, 6) is 1.22. The van der Waals surface area contributed by atoms with Gasteiger partial charge in [0.25, 0.3) is 0 Å². The molecule has 0 bridgehead atoms. The fourth-order valence-corrected chi connectivity index (χ4v) is 1.64. The van der Waals surface area contributed by atoms with E-state index in [4.69, 9.17) is 0 Å². The molecule has 11 heavy (non-hydrogen) atoms. The number of aliphatic imine (C=N–C) groups is 1. The number of nitrogens with zero attached hydrogens (tertiary/aromatic N) is 2. The van der Waals surface area contributed by atoms with Crippen LogP contribution in [0.1, 0.15) is 19.3 Å². The third-order valence-electron chi connectivity index (χ3n) is 2.25. The van der Waals surface area contributed by atoms with Gasteiger partial charge >= 0.3 is 0 Å². The Labute approximate surface area is 67.6 Å². The Balaban J connectivity index is 2.16. The van der Waals surface area contributed by atoms with Crippen LogP contribution in [0.3, 0.4) is 0 Å². The number of fused-ring (bicyclic) bond motifs is 1. The van der Waals surface area contributed by atoms with Crippen LogP contribution in [0.2, 0.25) is 0 Å². The molecule has 0 spiro atoms. The largest absolute Gasteiger partial charge is 0.357 e. The van der Waals surface area contributed by atoms with E-state index in [0.717, 1.165) is 6.54 Å². The fraction of sp³-hybridized carbons (Fsp3) is 0.667. The zero-order valence-corrected chi connectivity index (χ0v) is 6.79. The van der Waals surface area contributed by atoms with Crippen LogP contribution in [0, 0.1) is 0 Å². The van der Waals surface area contributed by atoms with Crippen molar-refractivity contribution in [2.24, 2.45) is 4.99 Å². The summed E-state index contributed by atoms with van der Waals surface area (Å²) in [4.78, 5) is 6.86. The van der Waals surface area contributed by atoms with E-state index in [-0.39, 0.29) is 0 Å². The number of hydrogen-bond acceptors (Lipinski definition) is 2. The second kappa shape index (κ2) is 3.07. The van der Waals surface area contributed by atoms with Crippen LogP contribution in [0.15, 0.2) is 17.1 Å². The van der Waals surface area contributed by atoms with E-state index in [1.807, 2.05) is 0 Å². The van der Waals surface area contributed by atoms with Crippen molar-refractivity contribution in [1.29, 1.82) is 0 Å². The lowest BCUT2D eigenvalue weighted by molar-refractivity contribution is 0.394. The molecule has 0 fully saturated rings. The van der Waals surface area contributed by atoms with Crippen molar-refractivity contribution in [3.63, 3.8) is 0 Å². The minimum absolute atomic E-state index is 1.02. The molecule has 2 heterocycles. The molecule has 0 radical (unpaired) electrons. The highest BCUT2D eigenvalue weighted by atomic mass is 15.2. The van der Waals surface area contributed by atoms with Crippen molar-refractivity contribution in [3.8, 4) is 0 Å². The third kappa shape index (κ3) is 1.44. The molecule has 2 aliphatic rings. The molecule has 0 amide bonds. The van der Waals surface area contributed by atoms with Gasteiger partial charge in [0, 0.05) is 19.6 Å². The molecule has 0 aliphatic carbocycles. The Hall–Kier alpha value is -0.790. The first-order valence-electron chi connectivity index (χ1n) is 4.43. The van der Waals surface area contributed by atoms with E-state index in [9.17, 15) is 0 Å². The third-order valence-corrected chi connectivity index (χ3v) is 2.25. The van der Waals surface area contributed by atoms with Gasteiger partial charge in [-0.3, -0.25) is 4.99 Å². The number of amidine groups is 1. The van der Waals surface area contributed by atoms with Crippen LogP contribution in [0.25, 0.3) is 0 Å². The van der Waals surface area contributed by atoms with Crippen LogP contribution in [0.5, 0.6) is 0 Å². The van der Waals surface area contributed by atoms with Gasteiger partial charge in [-0.2, -0.15) is 0 Å². The van der Waals surface area contributed by atoms with E-state index in [1.165, 1.54) is 38.2 Å². The molecule has 2 aliphatic heterocycles. The molecule has 0 aromatic carbocycles. The molecular weight excluding hydrogens is 136 g/mol. The van der Waals surface area contributed by atoms with Gasteiger partial charge in [-0.15, -0.1) is 0 Å². The van der Waals surface area contributed by atoms with E-state index < -0.39 is 0 Å². The van der Waals surface area contributed by atoms with Gasteiger partial charge in [-0.1, -0.05) is 6.08 Å². The number of rotatable bonds is 0. The summed E-state index contributed by atoms with van der Waals surface area (Å²) in [5, 5.41) is 0. The van der Waals surface area contributed by atoms with Gasteiger partial charge in [0.15, 0.2) is 0 Å². The Bertz CT molecular complexity index is 194. The van der Waals surface area contributed by atoms with E-state index in [1.54, 1.807) is 0 Å². The molecule has 2 rings (SSSR count). The molecule has 0 atom stereocenters. The van der Waals surface area contributed by atoms with Gasteiger partial charge in [-0.25, -0.2) is 0 Å². The van der Waals surface area contributed by atoms with Gasteiger partial charge < -0.3 is 4.90 Å². The monoisotopic (exact) mass is 150 g/mol. The standard InChI is InChI=1S/C9H14N2/c1-2-5-9-10-6-4-8-11(9)7-3-1/h2,5H,1,3-4,6-8H2. The van der Waals surface area contributed by atoms with Crippen molar-refractivity contribution in [1.82, 2.24) is 4.90 Å². The van der Waals surface area contributed by atoms with E-state index in [0.29, 0.717) is 0 Å². The van der Waals surface area contributed by atoms with Crippen LogP contribution in [-0.2, 0) is 0 Å². The second-order valence-electron chi connectivity index (χ2n) is 3.13. The van der Waals surface area contributed by atoms with Crippen molar-refractivity contribution in [2.45, 2.75) is 19.3 Å². The zero-order chi connectivity index (χ0) is 7.52. The van der Waals surface area contributed by atoms with Crippen molar-refractivity contribution >= 4 is 5.84 Å². The molecule has 0 unspecified atom stereocenters. The zero-order valence-electron chi connectivity index (χ0n) is 6.79. The summed E-state index contributed by atoms with van der Waals surface area (Å²) >= 11 is 0. The fourth-order valence-electron chi connectivity index (χ4n) is 1.64. The van der Waals surface area contributed by atoms with Crippen molar-refractivity contribution in [2.75, 3.05) is 19.6 Å².